The second-order valence-corrected chi connectivity index (χ2v) is 5.68. The van der Waals surface area contributed by atoms with Gasteiger partial charge in [-0.3, -0.25) is 4.79 Å². The van der Waals surface area contributed by atoms with Crippen molar-refractivity contribution in [3.63, 3.8) is 0 Å². The van der Waals surface area contributed by atoms with Crippen molar-refractivity contribution in [2.45, 2.75) is 25.8 Å². The number of halogens is 2. The van der Waals surface area contributed by atoms with E-state index >= 15 is 0 Å². The molecule has 1 amide bonds. The fourth-order valence-corrected chi connectivity index (χ4v) is 2.63. The van der Waals surface area contributed by atoms with Crippen molar-refractivity contribution in [2.24, 2.45) is 0 Å². The first kappa shape index (κ1) is 15.7. The van der Waals surface area contributed by atoms with Gasteiger partial charge < -0.3 is 5.32 Å². The van der Waals surface area contributed by atoms with E-state index in [-0.39, 0.29) is 17.6 Å². The van der Waals surface area contributed by atoms with E-state index < -0.39 is 0 Å². The van der Waals surface area contributed by atoms with Gasteiger partial charge in [0, 0.05) is 11.0 Å². The molecule has 0 radical (unpaired) electrons. The van der Waals surface area contributed by atoms with Crippen molar-refractivity contribution in [3.05, 3.63) is 69.9 Å². The van der Waals surface area contributed by atoms with Gasteiger partial charge in [-0.1, -0.05) is 53.2 Å². The molecule has 0 saturated carbocycles. The van der Waals surface area contributed by atoms with E-state index in [1.807, 2.05) is 37.3 Å². The molecule has 0 aromatic heterocycles. The molecule has 2 aromatic carbocycles. The number of hydrogen-bond acceptors (Lipinski definition) is 1. The molecule has 0 aliphatic carbocycles. The minimum Gasteiger partial charge on any atom is -0.351 e. The number of carbonyl (C=O) groups excluding carboxylic acids is 1. The topological polar surface area (TPSA) is 29.1 Å². The van der Waals surface area contributed by atoms with Crippen LogP contribution in [-0.4, -0.2) is 5.91 Å². The molecule has 0 aliphatic rings. The third-order valence-corrected chi connectivity index (χ3v) is 4.16. The third kappa shape index (κ3) is 4.14. The van der Waals surface area contributed by atoms with Crippen molar-refractivity contribution >= 4 is 21.8 Å². The first-order valence-corrected chi connectivity index (χ1v) is 7.67. The Labute approximate surface area is 132 Å². The Morgan fingerprint density at radius 3 is 2.62 bits per heavy atom. The van der Waals surface area contributed by atoms with E-state index in [4.69, 9.17) is 0 Å². The highest BCUT2D eigenvalue weighted by atomic mass is 79.9. The zero-order valence-electron chi connectivity index (χ0n) is 11.8. The van der Waals surface area contributed by atoms with Crippen LogP contribution in [0.15, 0.2) is 53.0 Å². The predicted octanol–water partition coefficient (Wildman–Crippen LogP) is 4.40. The molecule has 0 fully saturated rings. The first-order chi connectivity index (χ1) is 10.1. The SMILES string of the molecule is CCC(C(=O)NCc1cc(F)ccc1Br)c1ccccc1. The lowest BCUT2D eigenvalue weighted by Crippen LogP contribution is -2.28. The Bertz CT molecular complexity index is 615. The largest absolute Gasteiger partial charge is 0.351 e. The highest BCUT2D eigenvalue weighted by molar-refractivity contribution is 9.10. The van der Waals surface area contributed by atoms with Crippen LogP contribution >= 0.6 is 15.9 Å². The Hall–Kier alpha value is -1.68. The molecular formula is C17H17BrFNO. The summed E-state index contributed by atoms with van der Waals surface area (Å²) in [7, 11) is 0. The van der Waals surface area contributed by atoms with E-state index in [1.165, 1.54) is 12.1 Å². The Morgan fingerprint density at radius 1 is 1.24 bits per heavy atom. The molecular weight excluding hydrogens is 333 g/mol. The molecule has 1 atom stereocenters. The maximum Gasteiger partial charge on any atom is 0.227 e. The monoisotopic (exact) mass is 349 g/mol. The molecule has 0 saturated heterocycles. The molecule has 1 unspecified atom stereocenters. The van der Waals surface area contributed by atoms with Gasteiger partial charge in [-0.2, -0.15) is 0 Å². The average Bonchev–Trinajstić information content (AvgIpc) is 2.50. The zero-order chi connectivity index (χ0) is 15.2. The van der Waals surface area contributed by atoms with Crippen LogP contribution in [0.3, 0.4) is 0 Å². The van der Waals surface area contributed by atoms with Crippen LogP contribution in [0.25, 0.3) is 0 Å². The van der Waals surface area contributed by atoms with E-state index in [2.05, 4.69) is 21.2 Å². The van der Waals surface area contributed by atoms with Crippen molar-refractivity contribution < 1.29 is 9.18 Å². The van der Waals surface area contributed by atoms with Gasteiger partial charge in [-0.25, -0.2) is 4.39 Å². The number of hydrogen-bond donors (Lipinski definition) is 1. The van der Waals surface area contributed by atoms with E-state index in [1.54, 1.807) is 6.07 Å². The summed E-state index contributed by atoms with van der Waals surface area (Å²) in [6.07, 6.45) is 0.722. The maximum absolute atomic E-state index is 13.2. The lowest BCUT2D eigenvalue weighted by atomic mass is 9.95. The molecule has 0 aliphatic heterocycles. The highest BCUT2D eigenvalue weighted by Gasteiger charge is 2.18. The second kappa shape index (κ2) is 7.36. The summed E-state index contributed by atoms with van der Waals surface area (Å²) in [5, 5.41) is 2.88. The van der Waals surface area contributed by atoms with Gasteiger partial charge in [-0.15, -0.1) is 0 Å². The summed E-state index contributed by atoms with van der Waals surface area (Å²) in [6.45, 7) is 2.29. The third-order valence-electron chi connectivity index (χ3n) is 3.39. The standard InChI is InChI=1S/C17H17BrFNO/c1-2-15(12-6-4-3-5-7-12)17(21)20-11-13-10-14(19)8-9-16(13)18/h3-10,15H,2,11H2,1H3,(H,20,21). The molecule has 0 spiro atoms. The maximum atomic E-state index is 13.2. The van der Waals surface area contributed by atoms with Crippen molar-refractivity contribution in [1.29, 1.82) is 0 Å². The summed E-state index contributed by atoms with van der Waals surface area (Å²) < 4.78 is 14.0. The lowest BCUT2D eigenvalue weighted by Gasteiger charge is -2.16. The van der Waals surface area contributed by atoms with Gasteiger partial charge in [0.05, 0.1) is 5.92 Å². The van der Waals surface area contributed by atoms with Crippen molar-refractivity contribution in [3.8, 4) is 0 Å². The van der Waals surface area contributed by atoms with Gasteiger partial charge in [0.1, 0.15) is 5.82 Å². The zero-order valence-corrected chi connectivity index (χ0v) is 13.4. The molecule has 21 heavy (non-hydrogen) atoms. The quantitative estimate of drug-likeness (QED) is 0.851. The van der Waals surface area contributed by atoms with Gasteiger partial charge in [-0.05, 0) is 35.7 Å². The fourth-order valence-electron chi connectivity index (χ4n) is 2.24. The van der Waals surface area contributed by atoms with Crippen LogP contribution in [0.2, 0.25) is 0 Å². The number of nitrogens with one attached hydrogen (secondary N) is 1. The lowest BCUT2D eigenvalue weighted by molar-refractivity contribution is -0.122. The van der Waals surface area contributed by atoms with Crippen LogP contribution in [0.4, 0.5) is 4.39 Å². The summed E-state index contributed by atoms with van der Waals surface area (Å²) in [4.78, 5) is 12.3. The molecule has 2 rings (SSSR count). The molecule has 0 heterocycles. The number of benzene rings is 2. The Kier molecular flexibility index (Phi) is 5.51. The van der Waals surface area contributed by atoms with Crippen LogP contribution in [-0.2, 0) is 11.3 Å². The first-order valence-electron chi connectivity index (χ1n) is 6.88. The van der Waals surface area contributed by atoms with Crippen LogP contribution in [0, 0.1) is 5.82 Å². The number of carbonyl (C=O) groups is 1. The minimum absolute atomic E-state index is 0.0418. The summed E-state index contributed by atoms with van der Waals surface area (Å²) in [5.74, 6) is -0.532. The number of amides is 1. The molecule has 4 heteroatoms. The molecule has 1 N–H and O–H groups in total. The Balaban J connectivity index is 2.05. The van der Waals surface area contributed by atoms with Crippen LogP contribution < -0.4 is 5.32 Å². The summed E-state index contributed by atoms with van der Waals surface area (Å²) in [6, 6.07) is 14.1. The highest BCUT2D eigenvalue weighted by Crippen LogP contribution is 2.21. The fraction of sp³-hybridized carbons (Fsp3) is 0.235. The van der Waals surface area contributed by atoms with E-state index in [0.29, 0.717) is 6.54 Å². The molecule has 2 aromatic rings. The average molecular weight is 350 g/mol. The van der Waals surface area contributed by atoms with Gasteiger partial charge in [0.15, 0.2) is 0 Å². The Morgan fingerprint density at radius 2 is 1.95 bits per heavy atom. The van der Waals surface area contributed by atoms with Crippen molar-refractivity contribution in [2.75, 3.05) is 0 Å². The second-order valence-electron chi connectivity index (χ2n) is 4.83. The van der Waals surface area contributed by atoms with Crippen LogP contribution in [0.5, 0.6) is 0 Å². The number of rotatable bonds is 5. The summed E-state index contributed by atoms with van der Waals surface area (Å²) in [5.41, 5.74) is 1.72. The molecule has 110 valence electrons. The molecule has 0 bridgehead atoms. The van der Waals surface area contributed by atoms with Gasteiger partial charge in [0.25, 0.3) is 0 Å². The molecule has 2 nitrogen and oxygen atoms in total. The predicted molar refractivity (Wildman–Crippen MR) is 85.4 cm³/mol. The minimum atomic E-state index is -0.308. The summed E-state index contributed by atoms with van der Waals surface area (Å²) >= 11 is 3.36. The van der Waals surface area contributed by atoms with Crippen molar-refractivity contribution in [1.82, 2.24) is 5.32 Å². The van der Waals surface area contributed by atoms with E-state index in [9.17, 15) is 9.18 Å². The van der Waals surface area contributed by atoms with Crippen LogP contribution in [0.1, 0.15) is 30.4 Å². The van der Waals surface area contributed by atoms with Gasteiger partial charge >= 0.3 is 0 Å². The smallest absolute Gasteiger partial charge is 0.227 e. The van der Waals surface area contributed by atoms with Gasteiger partial charge in [0.2, 0.25) is 5.91 Å². The van der Waals surface area contributed by atoms with E-state index in [0.717, 1.165) is 22.0 Å². The normalized spacial score (nSPS) is 12.0.